The molecule has 1 aliphatic heterocycles. The van der Waals surface area contributed by atoms with Gasteiger partial charge in [-0.1, -0.05) is 18.2 Å². The van der Waals surface area contributed by atoms with Gasteiger partial charge in [-0.25, -0.2) is 19.3 Å². The molecule has 11 heteroatoms. The molecular formula is C20H22FN7O2S. The number of nitrogens with one attached hydrogen (secondary N) is 3. The highest BCUT2D eigenvalue weighted by atomic mass is 32.1. The standard InChI is InChI=1S/C20H22FN7O2S/c1-3-13(28-30)14-4-10(2)16(7-22-14)26-20-18(25-9-31-20)15-6-17(24-8-23-15)27-19(29)11-5-12(11)21/h4,6-9,11-12,14,22,26,30H,3,5H2,1-2H3,(H,23,24,27,29)/b28-13+. The number of anilines is 2. The summed E-state index contributed by atoms with van der Waals surface area (Å²) in [7, 11) is 0. The molecule has 2 aromatic heterocycles. The number of alkyl halides is 1. The molecule has 3 heterocycles. The van der Waals surface area contributed by atoms with E-state index in [-0.39, 0.29) is 18.4 Å². The number of thiazole rings is 1. The molecule has 1 aliphatic carbocycles. The van der Waals surface area contributed by atoms with Crippen LogP contribution in [0.5, 0.6) is 0 Å². The summed E-state index contributed by atoms with van der Waals surface area (Å²) in [6, 6.07) is 1.45. The molecule has 162 valence electrons. The minimum Gasteiger partial charge on any atom is -0.411 e. The van der Waals surface area contributed by atoms with Gasteiger partial charge in [0, 0.05) is 12.3 Å². The van der Waals surface area contributed by atoms with Crippen LogP contribution in [-0.4, -0.2) is 44.0 Å². The van der Waals surface area contributed by atoms with Crippen molar-refractivity contribution in [3.63, 3.8) is 0 Å². The van der Waals surface area contributed by atoms with Crippen LogP contribution >= 0.6 is 11.3 Å². The smallest absolute Gasteiger partial charge is 0.231 e. The van der Waals surface area contributed by atoms with Gasteiger partial charge in [0.1, 0.15) is 29.0 Å². The van der Waals surface area contributed by atoms with Gasteiger partial charge in [0.25, 0.3) is 0 Å². The molecule has 4 rings (SSSR count). The fourth-order valence-corrected chi connectivity index (χ4v) is 3.91. The van der Waals surface area contributed by atoms with Gasteiger partial charge in [-0.15, -0.1) is 11.3 Å². The van der Waals surface area contributed by atoms with Crippen molar-refractivity contribution in [2.75, 3.05) is 10.6 Å². The van der Waals surface area contributed by atoms with Gasteiger partial charge in [-0.05, 0) is 25.3 Å². The number of amides is 1. The molecule has 1 amide bonds. The summed E-state index contributed by atoms with van der Waals surface area (Å²) in [6.45, 7) is 3.90. The van der Waals surface area contributed by atoms with Crippen molar-refractivity contribution in [1.29, 1.82) is 0 Å². The number of carbonyl (C=O) groups is 1. The number of oxime groups is 1. The largest absolute Gasteiger partial charge is 0.411 e. The van der Waals surface area contributed by atoms with Gasteiger partial charge < -0.3 is 21.2 Å². The van der Waals surface area contributed by atoms with E-state index in [9.17, 15) is 9.18 Å². The number of halogens is 1. The number of nitrogens with zero attached hydrogens (tertiary/aromatic N) is 4. The van der Waals surface area contributed by atoms with Crippen LogP contribution in [0.15, 0.2) is 46.6 Å². The molecule has 3 atom stereocenters. The Bertz CT molecular complexity index is 1080. The lowest BCUT2D eigenvalue weighted by molar-refractivity contribution is -0.117. The van der Waals surface area contributed by atoms with E-state index in [1.54, 1.807) is 11.6 Å². The van der Waals surface area contributed by atoms with Crippen LogP contribution in [0.2, 0.25) is 0 Å². The second-order valence-corrected chi connectivity index (χ2v) is 8.14. The second-order valence-electron chi connectivity index (χ2n) is 7.29. The summed E-state index contributed by atoms with van der Waals surface area (Å²) in [5.74, 6) is -0.662. The van der Waals surface area contributed by atoms with E-state index in [2.05, 4.69) is 36.1 Å². The summed E-state index contributed by atoms with van der Waals surface area (Å²) in [4.78, 5) is 24.7. The monoisotopic (exact) mass is 443 g/mol. The van der Waals surface area contributed by atoms with Crippen molar-refractivity contribution in [3.05, 3.63) is 41.5 Å². The molecule has 31 heavy (non-hydrogen) atoms. The predicted molar refractivity (Wildman–Crippen MR) is 117 cm³/mol. The second kappa shape index (κ2) is 8.80. The average Bonchev–Trinajstić information content (AvgIpc) is 3.32. The molecule has 1 fully saturated rings. The average molecular weight is 444 g/mol. The lowest BCUT2D eigenvalue weighted by Gasteiger charge is -2.23. The topological polar surface area (TPSA) is 124 Å². The zero-order valence-electron chi connectivity index (χ0n) is 17.0. The summed E-state index contributed by atoms with van der Waals surface area (Å²) >= 11 is 1.41. The fourth-order valence-electron chi connectivity index (χ4n) is 3.20. The number of hydrogen-bond acceptors (Lipinski definition) is 9. The maximum absolute atomic E-state index is 13.1. The molecule has 0 saturated heterocycles. The normalized spacial score (nSPS) is 22.8. The summed E-state index contributed by atoms with van der Waals surface area (Å²) in [6.07, 6.45) is 4.97. The Labute approximate surface area is 182 Å². The number of allylic oxidation sites excluding steroid dienone is 1. The molecule has 1 saturated carbocycles. The molecular weight excluding hydrogens is 421 g/mol. The summed E-state index contributed by atoms with van der Waals surface area (Å²) < 4.78 is 13.1. The summed E-state index contributed by atoms with van der Waals surface area (Å²) in [5.41, 5.74) is 5.32. The molecule has 0 bridgehead atoms. The van der Waals surface area contributed by atoms with Crippen molar-refractivity contribution in [3.8, 4) is 11.4 Å². The minimum absolute atomic E-state index is 0.162. The van der Waals surface area contributed by atoms with Gasteiger partial charge in [0.15, 0.2) is 0 Å². The Balaban J connectivity index is 1.49. The van der Waals surface area contributed by atoms with Crippen LogP contribution in [0.25, 0.3) is 11.4 Å². The highest BCUT2D eigenvalue weighted by Gasteiger charge is 2.43. The van der Waals surface area contributed by atoms with Crippen molar-refractivity contribution < 1.29 is 14.4 Å². The highest BCUT2D eigenvalue weighted by molar-refractivity contribution is 7.14. The number of rotatable bonds is 7. The number of dihydropyridines is 1. The molecule has 9 nitrogen and oxygen atoms in total. The lowest BCUT2D eigenvalue weighted by atomic mass is 10.0. The van der Waals surface area contributed by atoms with E-state index in [0.717, 1.165) is 16.3 Å². The maximum atomic E-state index is 13.1. The van der Waals surface area contributed by atoms with Gasteiger partial charge >= 0.3 is 0 Å². The van der Waals surface area contributed by atoms with Crippen molar-refractivity contribution in [1.82, 2.24) is 20.3 Å². The number of hydrogen-bond donors (Lipinski definition) is 4. The Morgan fingerprint density at radius 1 is 1.42 bits per heavy atom. The van der Waals surface area contributed by atoms with E-state index in [0.29, 0.717) is 29.3 Å². The number of aromatic nitrogens is 3. The van der Waals surface area contributed by atoms with Crippen molar-refractivity contribution >= 4 is 33.8 Å². The van der Waals surface area contributed by atoms with Crippen LogP contribution in [0.1, 0.15) is 26.7 Å². The van der Waals surface area contributed by atoms with Crippen LogP contribution in [-0.2, 0) is 4.79 Å². The van der Waals surface area contributed by atoms with E-state index >= 15 is 0 Å². The van der Waals surface area contributed by atoms with Gasteiger partial charge in [-0.3, -0.25) is 4.79 Å². The molecule has 0 aromatic carbocycles. The third-order valence-electron chi connectivity index (χ3n) is 5.12. The predicted octanol–water partition coefficient (Wildman–Crippen LogP) is 3.31. The van der Waals surface area contributed by atoms with Gasteiger partial charge in [0.2, 0.25) is 5.91 Å². The first-order chi connectivity index (χ1) is 15.0. The molecule has 2 aliphatic rings. The Kier molecular flexibility index (Phi) is 5.94. The van der Waals surface area contributed by atoms with Crippen LogP contribution in [0.4, 0.5) is 15.2 Å². The zero-order chi connectivity index (χ0) is 22.0. The Hall–Kier alpha value is -3.34. The van der Waals surface area contributed by atoms with Crippen molar-refractivity contribution in [2.24, 2.45) is 11.1 Å². The first kappa shape index (κ1) is 20.9. The molecule has 3 unspecified atom stereocenters. The molecule has 2 aromatic rings. The van der Waals surface area contributed by atoms with Crippen molar-refractivity contribution in [2.45, 2.75) is 38.9 Å². The van der Waals surface area contributed by atoms with E-state index < -0.39 is 12.1 Å². The molecule has 0 radical (unpaired) electrons. The quantitative estimate of drug-likeness (QED) is 0.294. The van der Waals surface area contributed by atoms with E-state index in [1.165, 1.54) is 17.7 Å². The molecule has 4 N–H and O–H groups in total. The first-order valence-corrected chi connectivity index (χ1v) is 10.7. The zero-order valence-corrected chi connectivity index (χ0v) is 17.8. The van der Waals surface area contributed by atoms with Gasteiger partial charge in [-0.2, -0.15) is 0 Å². The van der Waals surface area contributed by atoms with Crippen LogP contribution < -0.4 is 16.0 Å². The Morgan fingerprint density at radius 2 is 2.23 bits per heavy atom. The summed E-state index contributed by atoms with van der Waals surface area (Å²) in [5, 5.41) is 22.5. The third kappa shape index (κ3) is 4.55. The van der Waals surface area contributed by atoms with Gasteiger partial charge in [0.05, 0.1) is 34.6 Å². The van der Waals surface area contributed by atoms with Crippen LogP contribution in [0, 0.1) is 5.92 Å². The van der Waals surface area contributed by atoms with E-state index in [4.69, 9.17) is 5.21 Å². The SMILES string of the molecule is CC/C(=N\O)C1C=C(C)C(Nc2scnc2-c2cc(NC(=O)C3CC3F)ncn2)=CN1. The number of carbonyl (C=O) groups excluding carboxylic acids is 1. The first-order valence-electron chi connectivity index (χ1n) is 9.83. The van der Waals surface area contributed by atoms with E-state index in [1.807, 2.05) is 26.1 Å². The Morgan fingerprint density at radius 3 is 2.90 bits per heavy atom. The highest BCUT2D eigenvalue weighted by Crippen LogP contribution is 2.35. The fraction of sp³-hybridized carbons (Fsp3) is 0.350. The third-order valence-corrected chi connectivity index (χ3v) is 5.87. The van der Waals surface area contributed by atoms with Crippen LogP contribution in [0.3, 0.4) is 0 Å². The minimum atomic E-state index is -1.07. The molecule has 0 spiro atoms. The maximum Gasteiger partial charge on any atom is 0.231 e. The lowest BCUT2D eigenvalue weighted by Crippen LogP contribution is -2.34.